The second-order valence-electron chi connectivity index (χ2n) is 7.39. The van der Waals surface area contributed by atoms with Crippen molar-refractivity contribution in [1.82, 2.24) is 10.6 Å². The maximum atomic E-state index is 12.8. The van der Waals surface area contributed by atoms with Gasteiger partial charge in [0.25, 0.3) is 0 Å². The van der Waals surface area contributed by atoms with Crippen molar-refractivity contribution in [3.05, 3.63) is 71.8 Å². The third-order valence-corrected chi connectivity index (χ3v) is 5.36. The molecule has 1 aliphatic carbocycles. The summed E-state index contributed by atoms with van der Waals surface area (Å²) in [6, 6.07) is 22.1. The summed E-state index contributed by atoms with van der Waals surface area (Å²) in [5, 5.41) is 16.1. The van der Waals surface area contributed by atoms with E-state index in [1.165, 1.54) is 0 Å². The molecule has 1 saturated carbocycles. The highest BCUT2D eigenvalue weighted by molar-refractivity contribution is 5.82. The van der Waals surface area contributed by atoms with Gasteiger partial charge in [-0.2, -0.15) is 5.26 Å². The minimum absolute atomic E-state index is 0.0856. The van der Waals surface area contributed by atoms with Crippen molar-refractivity contribution in [3.63, 3.8) is 0 Å². The fourth-order valence-corrected chi connectivity index (χ4v) is 3.77. The molecule has 0 heterocycles. The Morgan fingerprint density at radius 1 is 0.963 bits per heavy atom. The molecule has 27 heavy (non-hydrogen) atoms. The van der Waals surface area contributed by atoms with Crippen molar-refractivity contribution in [1.29, 1.82) is 5.26 Å². The second-order valence-corrected chi connectivity index (χ2v) is 7.39. The van der Waals surface area contributed by atoms with Crippen LogP contribution in [0.15, 0.2) is 60.7 Å². The van der Waals surface area contributed by atoms with Crippen molar-refractivity contribution in [2.45, 2.75) is 56.7 Å². The lowest BCUT2D eigenvalue weighted by atomic mass is 9.82. The van der Waals surface area contributed by atoms with Gasteiger partial charge < -0.3 is 5.32 Å². The van der Waals surface area contributed by atoms with Gasteiger partial charge in [0.1, 0.15) is 5.54 Å². The highest BCUT2D eigenvalue weighted by Gasteiger charge is 2.35. The van der Waals surface area contributed by atoms with Crippen molar-refractivity contribution in [3.8, 4) is 6.07 Å². The maximum absolute atomic E-state index is 12.8. The van der Waals surface area contributed by atoms with Gasteiger partial charge in [0, 0.05) is 0 Å². The number of hydrogen-bond donors (Lipinski definition) is 2. The van der Waals surface area contributed by atoms with Crippen molar-refractivity contribution >= 4 is 5.91 Å². The van der Waals surface area contributed by atoms with E-state index >= 15 is 0 Å². The molecular weight excluding hydrogens is 334 g/mol. The first-order valence-electron chi connectivity index (χ1n) is 9.73. The number of nitriles is 1. The standard InChI is InChI=1S/C23H27N3O/c1-18(22(27)26-23(17-24)15-9-4-10-16-23)25-21(19-11-5-2-6-12-19)20-13-7-3-8-14-20/h2-3,5-8,11-14,18,21,25H,4,9-10,15-16H2,1H3,(H,26,27)/t18-/m0/s1. The molecule has 0 spiro atoms. The van der Waals surface area contributed by atoms with Gasteiger partial charge in [0.2, 0.25) is 5.91 Å². The zero-order chi connectivity index (χ0) is 19.1. The topological polar surface area (TPSA) is 64.9 Å². The van der Waals surface area contributed by atoms with Crippen LogP contribution in [0.3, 0.4) is 0 Å². The van der Waals surface area contributed by atoms with Crippen LogP contribution in [0.25, 0.3) is 0 Å². The van der Waals surface area contributed by atoms with Crippen LogP contribution in [-0.2, 0) is 4.79 Å². The van der Waals surface area contributed by atoms with Gasteiger partial charge >= 0.3 is 0 Å². The highest BCUT2D eigenvalue weighted by atomic mass is 16.2. The number of amides is 1. The third kappa shape index (κ3) is 4.75. The molecule has 0 bridgehead atoms. The van der Waals surface area contributed by atoms with Crippen LogP contribution in [0.5, 0.6) is 0 Å². The molecule has 140 valence electrons. The lowest BCUT2D eigenvalue weighted by Crippen LogP contribution is -2.54. The van der Waals surface area contributed by atoms with Crippen molar-refractivity contribution < 1.29 is 4.79 Å². The predicted octanol–water partition coefficient (Wildman–Crippen LogP) is 4.10. The Kier molecular flexibility index (Phi) is 6.26. The largest absolute Gasteiger partial charge is 0.336 e. The Labute approximate surface area is 161 Å². The summed E-state index contributed by atoms with van der Waals surface area (Å²) in [7, 11) is 0. The molecule has 2 aromatic carbocycles. The van der Waals surface area contributed by atoms with E-state index in [1.807, 2.05) is 43.3 Å². The summed E-state index contributed by atoms with van der Waals surface area (Å²) < 4.78 is 0. The summed E-state index contributed by atoms with van der Waals surface area (Å²) in [6.07, 6.45) is 4.60. The fraction of sp³-hybridized carbons (Fsp3) is 0.391. The number of hydrogen-bond acceptors (Lipinski definition) is 3. The summed E-state index contributed by atoms with van der Waals surface area (Å²) in [5.74, 6) is -0.115. The number of carbonyl (C=O) groups is 1. The van der Waals surface area contributed by atoms with Crippen LogP contribution in [0, 0.1) is 11.3 Å². The SMILES string of the molecule is C[C@H](NC(c1ccccc1)c1ccccc1)C(=O)NC1(C#N)CCCCC1. The molecule has 0 saturated heterocycles. The number of rotatable bonds is 6. The Morgan fingerprint density at radius 3 is 1.96 bits per heavy atom. The second kappa shape index (κ2) is 8.83. The fourth-order valence-electron chi connectivity index (χ4n) is 3.77. The molecule has 1 atom stereocenters. The molecule has 4 nitrogen and oxygen atoms in total. The van der Waals surface area contributed by atoms with Crippen molar-refractivity contribution in [2.75, 3.05) is 0 Å². The van der Waals surface area contributed by atoms with Crippen LogP contribution >= 0.6 is 0 Å². The zero-order valence-corrected chi connectivity index (χ0v) is 15.8. The van der Waals surface area contributed by atoms with E-state index in [2.05, 4.69) is 41.0 Å². The number of benzene rings is 2. The van der Waals surface area contributed by atoms with E-state index in [-0.39, 0.29) is 11.9 Å². The van der Waals surface area contributed by atoms with Crippen LogP contribution in [-0.4, -0.2) is 17.5 Å². The molecule has 0 unspecified atom stereocenters. The summed E-state index contributed by atoms with van der Waals surface area (Å²) in [4.78, 5) is 12.8. The minimum Gasteiger partial charge on any atom is -0.336 e. The Bertz CT molecular complexity index is 737. The van der Waals surface area contributed by atoms with E-state index < -0.39 is 11.6 Å². The van der Waals surface area contributed by atoms with Gasteiger partial charge in [-0.25, -0.2) is 0 Å². The van der Waals surface area contributed by atoms with Crippen LogP contribution in [0.2, 0.25) is 0 Å². The molecule has 0 aliphatic heterocycles. The maximum Gasteiger partial charge on any atom is 0.238 e. The molecule has 1 fully saturated rings. The quantitative estimate of drug-likeness (QED) is 0.814. The van der Waals surface area contributed by atoms with Gasteiger partial charge in [-0.1, -0.05) is 79.9 Å². The predicted molar refractivity (Wildman–Crippen MR) is 107 cm³/mol. The normalized spacial score (nSPS) is 17.1. The van der Waals surface area contributed by atoms with Crippen LogP contribution in [0.1, 0.15) is 56.2 Å². The highest BCUT2D eigenvalue weighted by Crippen LogP contribution is 2.28. The van der Waals surface area contributed by atoms with E-state index in [9.17, 15) is 10.1 Å². The molecule has 2 N–H and O–H groups in total. The summed E-state index contributed by atoms with van der Waals surface area (Å²) in [5.41, 5.74) is 1.51. The summed E-state index contributed by atoms with van der Waals surface area (Å²) in [6.45, 7) is 1.86. The van der Waals surface area contributed by atoms with Gasteiger partial charge in [0.05, 0.1) is 18.2 Å². The van der Waals surface area contributed by atoms with Gasteiger partial charge in [-0.15, -0.1) is 0 Å². The van der Waals surface area contributed by atoms with Crippen LogP contribution in [0.4, 0.5) is 0 Å². The van der Waals surface area contributed by atoms with E-state index in [1.54, 1.807) is 0 Å². The van der Waals surface area contributed by atoms with Crippen molar-refractivity contribution in [2.24, 2.45) is 0 Å². The smallest absolute Gasteiger partial charge is 0.238 e. The first kappa shape index (κ1) is 19.1. The molecule has 0 radical (unpaired) electrons. The molecule has 1 amide bonds. The van der Waals surface area contributed by atoms with Gasteiger partial charge in [-0.3, -0.25) is 10.1 Å². The minimum atomic E-state index is -0.708. The first-order valence-corrected chi connectivity index (χ1v) is 9.73. The van der Waals surface area contributed by atoms with E-state index in [0.29, 0.717) is 0 Å². The lowest BCUT2D eigenvalue weighted by Gasteiger charge is -2.33. The molecular formula is C23H27N3O. The Morgan fingerprint density at radius 2 is 1.48 bits per heavy atom. The Balaban J connectivity index is 1.75. The van der Waals surface area contributed by atoms with Crippen LogP contribution < -0.4 is 10.6 Å². The molecule has 1 aliphatic rings. The number of carbonyl (C=O) groups excluding carboxylic acids is 1. The molecule has 0 aromatic heterocycles. The van der Waals surface area contributed by atoms with E-state index in [4.69, 9.17) is 0 Å². The monoisotopic (exact) mass is 361 g/mol. The molecule has 3 rings (SSSR count). The average Bonchev–Trinajstić information content (AvgIpc) is 2.73. The number of nitrogens with zero attached hydrogens (tertiary/aromatic N) is 1. The molecule has 2 aromatic rings. The first-order chi connectivity index (χ1) is 13.1. The van der Waals surface area contributed by atoms with Gasteiger partial charge in [-0.05, 0) is 30.9 Å². The summed E-state index contributed by atoms with van der Waals surface area (Å²) >= 11 is 0. The molecule has 4 heteroatoms. The number of nitrogens with one attached hydrogen (secondary N) is 2. The van der Waals surface area contributed by atoms with E-state index in [0.717, 1.165) is 43.2 Å². The third-order valence-electron chi connectivity index (χ3n) is 5.36. The van der Waals surface area contributed by atoms with Gasteiger partial charge in [0.15, 0.2) is 0 Å². The average molecular weight is 361 g/mol. The Hall–Kier alpha value is -2.64. The zero-order valence-electron chi connectivity index (χ0n) is 15.8. The lowest BCUT2D eigenvalue weighted by molar-refractivity contribution is -0.124.